The summed E-state index contributed by atoms with van der Waals surface area (Å²) in [4.78, 5) is 17.9. The molecule has 0 radical (unpaired) electrons. The second kappa shape index (κ2) is 6.59. The van der Waals surface area contributed by atoms with Crippen LogP contribution < -0.4 is 5.56 Å². The van der Waals surface area contributed by atoms with Crippen molar-refractivity contribution in [2.24, 2.45) is 5.92 Å². The van der Waals surface area contributed by atoms with Gasteiger partial charge in [-0.25, -0.2) is 9.50 Å². The van der Waals surface area contributed by atoms with Crippen LogP contribution in [-0.2, 0) is 0 Å². The molecule has 1 aliphatic carbocycles. The number of fused-ring (bicyclic) bond motifs is 3. The topological polar surface area (TPSA) is 52.2 Å². The van der Waals surface area contributed by atoms with Crippen molar-refractivity contribution in [3.63, 3.8) is 0 Å². The van der Waals surface area contributed by atoms with Crippen molar-refractivity contribution in [2.75, 3.05) is 0 Å². The molecule has 1 aromatic carbocycles. The van der Waals surface area contributed by atoms with Gasteiger partial charge in [0.25, 0.3) is 5.56 Å². The standard InChI is InChI=1S/C23H24N4O/c1-15-8-6-7-11-19(15)26-13-12-20-18(23(26)28)14-24-22-21(16(2)25-27(20)22)17-9-4-3-5-10-17/h3-5,9-10,12-15,19H,6-8,11H2,1-2H3/t15-,19-/m1/s1. The molecule has 0 saturated heterocycles. The summed E-state index contributed by atoms with van der Waals surface area (Å²) in [6.07, 6.45) is 8.39. The number of nitrogens with zero attached hydrogens (tertiary/aromatic N) is 4. The molecule has 0 bridgehead atoms. The van der Waals surface area contributed by atoms with E-state index in [1.807, 2.05) is 46.5 Å². The van der Waals surface area contributed by atoms with Crippen molar-refractivity contribution in [3.8, 4) is 11.1 Å². The van der Waals surface area contributed by atoms with Gasteiger partial charge in [0.05, 0.1) is 16.6 Å². The zero-order valence-electron chi connectivity index (χ0n) is 16.3. The number of hydrogen-bond acceptors (Lipinski definition) is 3. The quantitative estimate of drug-likeness (QED) is 0.509. The van der Waals surface area contributed by atoms with Crippen LogP contribution in [0.4, 0.5) is 0 Å². The monoisotopic (exact) mass is 372 g/mol. The summed E-state index contributed by atoms with van der Waals surface area (Å²) >= 11 is 0. The van der Waals surface area contributed by atoms with Crippen molar-refractivity contribution < 1.29 is 0 Å². The maximum atomic E-state index is 13.3. The van der Waals surface area contributed by atoms with Crippen LogP contribution in [0.15, 0.2) is 53.6 Å². The molecule has 1 saturated carbocycles. The Morgan fingerprint density at radius 3 is 2.64 bits per heavy atom. The summed E-state index contributed by atoms with van der Waals surface area (Å²) in [6, 6.07) is 12.5. The molecule has 0 aliphatic heterocycles. The molecule has 3 heterocycles. The Bertz CT molecular complexity index is 1220. The summed E-state index contributed by atoms with van der Waals surface area (Å²) < 4.78 is 3.75. The van der Waals surface area contributed by atoms with E-state index in [9.17, 15) is 4.79 Å². The third-order valence-corrected chi connectivity index (χ3v) is 6.20. The van der Waals surface area contributed by atoms with E-state index in [0.29, 0.717) is 11.3 Å². The van der Waals surface area contributed by atoms with Crippen molar-refractivity contribution in [1.82, 2.24) is 19.2 Å². The predicted octanol–water partition coefficient (Wildman–Crippen LogP) is 4.77. The number of aromatic nitrogens is 4. The minimum Gasteiger partial charge on any atom is -0.312 e. The number of pyridine rings is 1. The van der Waals surface area contributed by atoms with E-state index >= 15 is 0 Å². The second-order valence-electron chi connectivity index (χ2n) is 7.98. The van der Waals surface area contributed by atoms with E-state index in [-0.39, 0.29) is 11.6 Å². The van der Waals surface area contributed by atoms with Crippen molar-refractivity contribution in [3.05, 3.63) is 64.8 Å². The highest BCUT2D eigenvalue weighted by molar-refractivity contribution is 5.86. The molecule has 0 unspecified atom stereocenters. The fraction of sp³-hybridized carbons (Fsp3) is 0.348. The fourth-order valence-corrected chi connectivity index (χ4v) is 4.70. The molecular weight excluding hydrogens is 348 g/mol. The van der Waals surface area contributed by atoms with Gasteiger partial charge in [-0.15, -0.1) is 0 Å². The zero-order chi connectivity index (χ0) is 19.3. The molecule has 142 valence electrons. The summed E-state index contributed by atoms with van der Waals surface area (Å²) in [7, 11) is 0. The van der Waals surface area contributed by atoms with Gasteiger partial charge in [-0.05, 0) is 37.3 Å². The van der Waals surface area contributed by atoms with Gasteiger partial charge in [-0.3, -0.25) is 4.79 Å². The lowest BCUT2D eigenvalue weighted by Gasteiger charge is -2.30. The summed E-state index contributed by atoms with van der Waals surface area (Å²) in [5, 5.41) is 5.36. The van der Waals surface area contributed by atoms with Gasteiger partial charge in [0.15, 0.2) is 5.65 Å². The summed E-state index contributed by atoms with van der Waals surface area (Å²) in [5.74, 6) is 0.525. The molecule has 1 fully saturated rings. The van der Waals surface area contributed by atoms with Gasteiger partial charge < -0.3 is 4.57 Å². The zero-order valence-corrected chi connectivity index (χ0v) is 16.3. The molecule has 4 aromatic rings. The van der Waals surface area contributed by atoms with E-state index in [0.717, 1.165) is 34.4 Å². The first kappa shape index (κ1) is 17.2. The highest BCUT2D eigenvalue weighted by Crippen LogP contribution is 2.33. The van der Waals surface area contributed by atoms with Crippen molar-refractivity contribution in [2.45, 2.75) is 45.6 Å². The normalized spacial score (nSPS) is 20.1. The largest absolute Gasteiger partial charge is 0.312 e. The first-order valence-electron chi connectivity index (χ1n) is 10.1. The molecular formula is C23H24N4O. The van der Waals surface area contributed by atoms with Gasteiger partial charge in [0.1, 0.15) is 0 Å². The van der Waals surface area contributed by atoms with Crippen LogP contribution in [0.3, 0.4) is 0 Å². The Kier molecular flexibility index (Phi) is 4.04. The third-order valence-electron chi connectivity index (χ3n) is 6.20. The lowest BCUT2D eigenvalue weighted by atomic mass is 9.85. The highest BCUT2D eigenvalue weighted by Gasteiger charge is 2.24. The van der Waals surface area contributed by atoms with E-state index in [1.165, 1.54) is 19.3 Å². The molecule has 0 spiro atoms. The Morgan fingerprint density at radius 1 is 1.07 bits per heavy atom. The van der Waals surface area contributed by atoms with Crippen molar-refractivity contribution in [1.29, 1.82) is 0 Å². The smallest absolute Gasteiger partial charge is 0.261 e. The van der Waals surface area contributed by atoms with Crippen LogP contribution in [0.2, 0.25) is 0 Å². The van der Waals surface area contributed by atoms with Crippen LogP contribution in [0.5, 0.6) is 0 Å². The van der Waals surface area contributed by atoms with E-state index < -0.39 is 0 Å². The molecule has 0 amide bonds. The predicted molar refractivity (Wildman–Crippen MR) is 112 cm³/mol. The fourth-order valence-electron chi connectivity index (χ4n) is 4.70. The lowest BCUT2D eigenvalue weighted by molar-refractivity contribution is 0.253. The maximum absolute atomic E-state index is 13.3. The van der Waals surface area contributed by atoms with Gasteiger partial charge in [-0.2, -0.15) is 5.10 Å². The molecule has 28 heavy (non-hydrogen) atoms. The average Bonchev–Trinajstić information content (AvgIpc) is 3.06. The first-order valence-corrected chi connectivity index (χ1v) is 10.1. The molecule has 1 aliphatic rings. The molecule has 5 nitrogen and oxygen atoms in total. The average molecular weight is 372 g/mol. The Labute approximate surface area is 163 Å². The Hall–Kier alpha value is -2.95. The minimum absolute atomic E-state index is 0.0417. The molecule has 2 atom stereocenters. The number of aryl methyl sites for hydroxylation is 1. The highest BCUT2D eigenvalue weighted by atomic mass is 16.1. The summed E-state index contributed by atoms with van der Waals surface area (Å²) in [6.45, 7) is 4.25. The SMILES string of the molecule is Cc1nn2c(ncc3c(=O)n([C@@H]4CCCC[C@H]4C)ccc32)c1-c1ccccc1. The Morgan fingerprint density at radius 2 is 1.86 bits per heavy atom. The number of hydrogen-bond donors (Lipinski definition) is 0. The summed E-state index contributed by atoms with van der Waals surface area (Å²) in [5.41, 5.74) is 4.68. The minimum atomic E-state index is 0.0417. The van der Waals surface area contributed by atoms with Crippen LogP contribution in [0.25, 0.3) is 27.7 Å². The van der Waals surface area contributed by atoms with Crippen LogP contribution in [0.1, 0.15) is 44.3 Å². The molecule has 5 rings (SSSR count). The maximum Gasteiger partial charge on any atom is 0.261 e. The van der Waals surface area contributed by atoms with Gasteiger partial charge in [-0.1, -0.05) is 50.1 Å². The molecule has 3 aromatic heterocycles. The lowest BCUT2D eigenvalue weighted by Crippen LogP contribution is -2.30. The van der Waals surface area contributed by atoms with E-state index in [1.54, 1.807) is 6.20 Å². The van der Waals surface area contributed by atoms with Crippen LogP contribution >= 0.6 is 0 Å². The van der Waals surface area contributed by atoms with Crippen molar-refractivity contribution >= 4 is 16.6 Å². The number of rotatable bonds is 2. The first-order chi connectivity index (χ1) is 13.6. The Balaban J connectivity index is 1.72. The molecule has 5 heteroatoms. The van der Waals surface area contributed by atoms with Gasteiger partial charge in [0, 0.05) is 24.0 Å². The third kappa shape index (κ3) is 2.57. The van der Waals surface area contributed by atoms with E-state index in [2.05, 4.69) is 24.0 Å². The van der Waals surface area contributed by atoms with Gasteiger partial charge in [0.2, 0.25) is 0 Å². The van der Waals surface area contributed by atoms with Crippen LogP contribution in [0, 0.1) is 12.8 Å². The number of benzene rings is 1. The van der Waals surface area contributed by atoms with Gasteiger partial charge >= 0.3 is 0 Å². The van der Waals surface area contributed by atoms with E-state index in [4.69, 9.17) is 5.10 Å². The molecule has 0 N–H and O–H groups in total. The van der Waals surface area contributed by atoms with Crippen LogP contribution in [-0.4, -0.2) is 19.2 Å². The second-order valence-corrected chi connectivity index (χ2v) is 7.98.